The average Bonchev–Trinajstić information content (AvgIpc) is 3.45. The number of hydrogen-bond acceptors (Lipinski definition) is 5. The Labute approximate surface area is 193 Å². The van der Waals surface area contributed by atoms with E-state index in [1.165, 1.54) is 0 Å². The minimum atomic E-state index is -3.60. The van der Waals surface area contributed by atoms with Gasteiger partial charge in [0.2, 0.25) is 9.84 Å². The van der Waals surface area contributed by atoms with E-state index in [0.29, 0.717) is 26.5 Å². The van der Waals surface area contributed by atoms with E-state index >= 15 is 0 Å². The molecule has 33 heavy (non-hydrogen) atoms. The summed E-state index contributed by atoms with van der Waals surface area (Å²) in [6.45, 7) is 0. The summed E-state index contributed by atoms with van der Waals surface area (Å²) in [5.41, 5.74) is 4.87. The molecule has 0 saturated heterocycles. The molecule has 7 rings (SSSR count). The second-order valence-corrected chi connectivity index (χ2v) is 10.8. The molecule has 0 spiro atoms. The van der Waals surface area contributed by atoms with Gasteiger partial charge >= 0.3 is 0 Å². The Morgan fingerprint density at radius 2 is 1.36 bits per heavy atom. The Kier molecular flexibility index (Phi) is 3.75. The van der Waals surface area contributed by atoms with Crippen LogP contribution in [0.4, 0.5) is 0 Å². The predicted octanol–water partition coefficient (Wildman–Crippen LogP) is 6.12. The maximum atomic E-state index is 13.3. The van der Waals surface area contributed by atoms with Crippen molar-refractivity contribution in [1.29, 1.82) is 0 Å². The molecule has 5 nitrogen and oxygen atoms in total. The van der Waals surface area contributed by atoms with E-state index in [1.807, 2.05) is 65.2 Å². The minimum absolute atomic E-state index is 0.295. The fraction of sp³-hybridized carbons (Fsp3) is 0. The molecule has 0 aliphatic carbocycles. The number of nitrogens with zero attached hydrogens (tertiary/aromatic N) is 3. The lowest BCUT2D eigenvalue weighted by atomic mass is 10.1. The highest BCUT2D eigenvalue weighted by Gasteiger charge is 2.33. The molecule has 4 aromatic carbocycles. The maximum absolute atomic E-state index is 13.3. The molecule has 0 radical (unpaired) electrons. The lowest BCUT2D eigenvalue weighted by Gasteiger charge is -2.20. The van der Waals surface area contributed by atoms with Crippen LogP contribution in [0.5, 0.6) is 0 Å². The number of thiazole rings is 1. The molecule has 0 atom stereocenters. The second kappa shape index (κ2) is 6.60. The topological polar surface area (TPSA) is 64.8 Å². The van der Waals surface area contributed by atoms with Crippen LogP contribution in [-0.2, 0) is 9.84 Å². The molecule has 3 heterocycles. The van der Waals surface area contributed by atoms with Crippen molar-refractivity contribution in [3.05, 3.63) is 91.0 Å². The summed E-state index contributed by atoms with van der Waals surface area (Å²) >= 11 is 1.67. The summed E-state index contributed by atoms with van der Waals surface area (Å²) in [5, 5.41) is 0.969. The van der Waals surface area contributed by atoms with Crippen LogP contribution in [0.2, 0.25) is 0 Å². The Morgan fingerprint density at radius 3 is 2.21 bits per heavy atom. The zero-order valence-electron chi connectivity index (χ0n) is 17.1. The van der Waals surface area contributed by atoms with Gasteiger partial charge in [0.05, 0.1) is 36.7 Å². The second-order valence-electron chi connectivity index (χ2n) is 7.93. The van der Waals surface area contributed by atoms with Crippen molar-refractivity contribution >= 4 is 42.4 Å². The first-order valence-electron chi connectivity index (χ1n) is 10.4. The van der Waals surface area contributed by atoms with Gasteiger partial charge in [0.15, 0.2) is 0 Å². The molecular weight excluding hydrogens is 450 g/mol. The van der Waals surface area contributed by atoms with Crippen LogP contribution in [0.1, 0.15) is 0 Å². The number of sulfone groups is 1. The standard InChI is InChI=1S/C26H15N3O2S2/c30-33(31)22-10-4-2-8-20(22)29-24-19(7-5-11-23(24)33)27-25(29)16-12-14-17(15-13-16)26-28-18-6-1-3-9-21(18)32-26/h1-15H. The highest BCUT2D eigenvalue weighted by Crippen LogP contribution is 2.41. The summed E-state index contributed by atoms with van der Waals surface area (Å²) < 4.78 is 29.6. The molecule has 0 amide bonds. The molecule has 6 aromatic rings. The molecule has 0 unspecified atom stereocenters. The predicted molar refractivity (Wildman–Crippen MR) is 131 cm³/mol. The average molecular weight is 466 g/mol. The van der Waals surface area contributed by atoms with Crippen LogP contribution >= 0.6 is 11.3 Å². The fourth-order valence-electron chi connectivity index (χ4n) is 4.49. The maximum Gasteiger partial charge on any atom is 0.210 e. The van der Waals surface area contributed by atoms with Crippen LogP contribution in [0.25, 0.3) is 48.9 Å². The van der Waals surface area contributed by atoms with E-state index in [-0.39, 0.29) is 0 Å². The van der Waals surface area contributed by atoms with Gasteiger partial charge in [-0.15, -0.1) is 11.3 Å². The summed E-state index contributed by atoms with van der Waals surface area (Å²) in [6, 6.07) is 28.6. The lowest BCUT2D eigenvalue weighted by Crippen LogP contribution is -2.14. The van der Waals surface area contributed by atoms with Gasteiger partial charge in [0.1, 0.15) is 10.8 Å². The zero-order chi connectivity index (χ0) is 22.2. The number of aromatic nitrogens is 3. The van der Waals surface area contributed by atoms with Gasteiger partial charge in [-0.1, -0.05) is 54.6 Å². The Morgan fingerprint density at radius 1 is 0.667 bits per heavy atom. The van der Waals surface area contributed by atoms with Crippen molar-refractivity contribution < 1.29 is 8.42 Å². The van der Waals surface area contributed by atoms with Gasteiger partial charge in [-0.2, -0.15) is 0 Å². The molecular formula is C26H15N3O2S2. The van der Waals surface area contributed by atoms with E-state index < -0.39 is 9.84 Å². The molecule has 1 aliphatic heterocycles. The Bertz CT molecular complexity index is 1800. The van der Waals surface area contributed by atoms with Gasteiger partial charge in [-0.3, -0.25) is 4.57 Å². The van der Waals surface area contributed by atoms with Crippen molar-refractivity contribution in [2.45, 2.75) is 9.79 Å². The van der Waals surface area contributed by atoms with Crippen molar-refractivity contribution in [3.8, 4) is 27.6 Å². The van der Waals surface area contributed by atoms with Gasteiger partial charge < -0.3 is 0 Å². The quantitative estimate of drug-likeness (QED) is 0.309. The van der Waals surface area contributed by atoms with E-state index in [1.54, 1.807) is 35.6 Å². The van der Waals surface area contributed by atoms with Crippen molar-refractivity contribution in [2.24, 2.45) is 0 Å². The Balaban J connectivity index is 1.43. The summed E-state index contributed by atoms with van der Waals surface area (Å²) in [5.74, 6) is 0.718. The molecule has 158 valence electrons. The van der Waals surface area contributed by atoms with E-state index in [0.717, 1.165) is 32.2 Å². The first kappa shape index (κ1) is 18.7. The largest absolute Gasteiger partial charge is 0.290 e. The minimum Gasteiger partial charge on any atom is -0.290 e. The highest BCUT2D eigenvalue weighted by molar-refractivity contribution is 7.92. The summed E-state index contributed by atoms with van der Waals surface area (Å²) in [7, 11) is -3.60. The monoisotopic (exact) mass is 465 g/mol. The number of imidazole rings is 1. The van der Waals surface area contributed by atoms with Gasteiger partial charge in [-0.05, 0) is 36.4 Å². The summed E-state index contributed by atoms with van der Waals surface area (Å²) in [6.07, 6.45) is 0. The van der Waals surface area contributed by atoms with Crippen LogP contribution in [0.15, 0.2) is 101 Å². The SMILES string of the molecule is O=S1(=O)c2ccccc2-n2c(-c3ccc(-c4nc5ccccc5s4)cc3)nc3cccc1c32. The third kappa shape index (κ3) is 2.60. The summed E-state index contributed by atoms with van der Waals surface area (Å²) in [4.78, 5) is 10.2. The normalized spacial score (nSPS) is 13.9. The van der Waals surface area contributed by atoms with Crippen molar-refractivity contribution in [1.82, 2.24) is 14.5 Å². The molecule has 0 saturated carbocycles. The first-order chi connectivity index (χ1) is 16.1. The number of para-hydroxylation sites is 3. The van der Waals surface area contributed by atoms with Crippen molar-refractivity contribution in [2.75, 3.05) is 0 Å². The van der Waals surface area contributed by atoms with Crippen molar-refractivity contribution in [3.63, 3.8) is 0 Å². The first-order valence-corrected chi connectivity index (χ1v) is 12.7. The third-order valence-corrected chi connectivity index (χ3v) is 8.93. The molecule has 7 heteroatoms. The molecule has 0 N–H and O–H groups in total. The van der Waals surface area contributed by atoms with Crippen LogP contribution in [-0.4, -0.2) is 23.0 Å². The molecule has 2 aromatic heterocycles. The Hall–Kier alpha value is -3.81. The van der Waals surface area contributed by atoms with E-state index in [2.05, 4.69) is 6.07 Å². The van der Waals surface area contributed by atoms with Gasteiger partial charge in [0, 0.05) is 11.1 Å². The van der Waals surface area contributed by atoms with E-state index in [9.17, 15) is 8.42 Å². The van der Waals surface area contributed by atoms with Crippen LogP contribution in [0, 0.1) is 0 Å². The number of benzene rings is 4. The number of fused-ring (bicyclic) bond motifs is 3. The number of hydrogen-bond donors (Lipinski definition) is 0. The third-order valence-electron chi connectivity index (χ3n) is 6.01. The van der Waals surface area contributed by atoms with Gasteiger partial charge in [-0.25, -0.2) is 18.4 Å². The fourth-order valence-corrected chi connectivity index (χ4v) is 7.09. The van der Waals surface area contributed by atoms with Crippen LogP contribution < -0.4 is 0 Å². The van der Waals surface area contributed by atoms with Crippen LogP contribution in [0.3, 0.4) is 0 Å². The number of rotatable bonds is 2. The lowest BCUT2D eigenvalue weighted by molar-refractivity contribution is 0.594. The van der Waals surface area contributed by atoms with Gasteiger partial charge in [0.25, 0.3) is 0 Å². The van der Waals surface area contributed by atoms with E-state index in [4.69, 9.17) is 9.97 Å². The smallest absolute Gasteiger partial charge is 0.210 e. The zero-order valence-corrected chi connectivity index (χ0v) is 18.8. The molecule has 0 bridgehead atoms. The molecule has 0 fully saturated rings. The highest BCUT2D eigenvalue weighted by atomic mass is 32.2. The molecule has 1 aliphatic rings.